The van der Waals surface area contributed by atoms with Crippen molar-refractivity contribution in [1.29, 1.82) is 0 Å². The molecule has 2 N–H and O–H groups in total. The predicted molar refractivity (Wildman–Crippen MR) is 149 cm³/mol. The average molecular weight is 626 g/mol. The van der Waals surface area contributed by atoms with E-state index in [0.717, 1.165) is 29.9 Å². The number of amides is 4. The summed E-state index contributed by atoms with van der Waals surface area (Å²) in [5, 5.41) is 2.49. The number of likely N-dealkylation sites (tertiary alicyclic amines) is 1. The van der Waals surface area contributed by atoms with Gasteiger partial charge in [-0.15, -0.1) is 0 Å². The highest BCUT2D eigenvalue weighted by molar-refractivity contribution is 7.40. The van der Waals surface area contributed by atoms with Crippen LogP contribution in [0.2, 0.25) is 5.02 Å². The molecular weight excluding hydrogens is 595 g/mol. The molecule has 1 saturated carbocycles. The van der Waals surface area contributed by atoms with Crippen molar-refractivity contribution in [1.82, 2.24) is 15.1 Å². The molecule has 2 atom stereocenters. The zero-order valence-corrected chi connectivity index (χ0v) is 24.7. The van der Waals surface area contributed by atoms with Crippen LogP contribution in [0.25, 0.3) is 0 Å². The maximum Gasteiger partial charge on any atom is 0.349 e. The number of halogens is 3. The number of imide groups is 1. The van der Waals surface area contributed by atoms with Gasteiger partial charge in [-0.2, -0.15) is 8.78 Å². The first-order valence-corrected chi connectivity index (χ1v) is 15.0. The number of hydrogen-bond donors (Lipinski definition) is 2. The number of alkyl halides is 2. The lowest BCUT2D eigenvalue weighted by Gasteiger charge is -2.35. The van der Waals surface area contributed by atoms with Crippen molar-refractivity contribution >= 4 is 43.8 Å². The van der Waals surface area contributed by atoms with Gasteiger partial charge in [0.2, 0.25) is 5.91 Å². The van der Waals surface area contributed by atoms with Gasteiger partial charge >= 0.3 is 14.5 Å². The van der Waals surface area contributed by atoms with Crippen LogP contribution in [0.5, 0.6) is 0 Å². The minimum atomic E-state index is -3.77. The summed E-state index contributed by atoms with van der Waals surface area (Å²) in [4.78, 5) is 62.9. The lowest BCUT2D eigenvalue weighted by atomic mass is 10.0. The minimum absolute atomic E-state index is 0.00579. The molecule has 0 spiro atoms. The Morgan fingerprint density at radius 1 is 1.12 bits per heavy atom. The molecule has 0 radical (unpaired) electrons. The predicted octanol–water partition coefficient (Wildman–Crippen LogP) is 4.62. The van der Waals surface area contributed by atoms with Gasteiger partial charge in [-0.25, -0.2) is 0 Å². The van der Waals surface area contributed by atoms with Crippen molar-refractivity contribution in [2.45, 2.75) is 70.7 Å². The van der Waals surface area contributed by atoms with Gasteiger partial charge in [-0.1, -0.05) is 49.7 Å². The number of nitrogens with zero attached hydrogens (tertiary/aromatic N) is 2. The Balaban J connectivity index is 0.00000198. The van der Waals surface area contributed by atoms with Crippen LogP contribution >= 0.6 is 20.2 Å². The Hall–Kier alpha value is -3.02. The Morgan fingerprint density at radius 3 is 2.48 bits per heavy atom. The highest BCUT2D eigenvalue weighted by Crippen LogP contribution is 2.42. The first-order chi connectivity index (χ1) is 20.0. The molecule has 3 aliphatic rings. The maximum atomic E-state index is 14.6. The van der Waals surface area contributed by atoms with Gasteiger partial charge in [-0.05, 0) is 48.6 Å². The molecule has 2 heterocycles. The summed E-state index contributed by atoms with van der Waals surface area (Å²) in [5.41, 5.74) is 0.891. The summed E-state index contributed by atoms with van der Waals surface area (Å²) in [6.07, 6.45) is 1.69. The van der Waals surface area contributed by atoms with Crippen molar-refractivity contribution in [2.75, 3.05) is 6.73 Å². The third-order valence-electron chi connectivity index (χ3n) is 6.87. The van der Waals surface area contributed by atoms with Gasteiger partial charge in [0.1, 0.15) is 12.8 Å². The van der Waals surface area contributed by atoms with Crippen LogP contribution in [0.1, 0.15) is 66.6 Å². The summed E-state index contributed by atoms with van der Waals surface area (Å²) in [5.74, 6) is -6.77. The molecule has 5 rings (SSSR count). The van der Waals surface area contributed by atoms with Crippen LogP contribution in [-0.4, -0.2) is 57.2 Å². The molecule has 0 aromatic heterocycles. The zero-order valence-electron chi connectivity index (χ0n) is 23.0. The fourth-order valence-corrected chi connectivity index (χ4v) is 5.39. The Bertz CT molecular complexity index is 1340. The van der Waals surface area contributed by atoms with E-state index in [4.69, 9.17) is 20.6 Å². The highest BCUT2D eigenvalue weighted by Gasteiger charge is 2.44. The van der Waals surface area contributed by atoms with Gasteiger partial charge in [0.25, 0.3) is 17.7 Å². The quantitative estimate of drug-likeness (QED) is 0.292. The van der Waals surface area contributed by atoms with E-state index in [-0.39, 0.29) is 37.1 Å². The largest absolute Gasteiger partial charge is 0.349 e. The monoisotopic (exact) mass is 625 g/mol. The van der Waals surface area contributed by atoms with Crippen LogP contribution in [0.15, 0.2) is 42.5 Å². The third-order valence-corrected chi connectivity index (χ3v) is 7.93. The first-order valence-electron chi connectivity index (χ1n) is 13.5. The molecule has 226 valence electrons. The molecule has 14 heteroatoms. The minimum Gasteiger partial charge on any atom is -0.346 e. The topological polar surface area (TPSA) is 125 Å². The number of hydrogen-bond acceptors (Lipinski definition) is 7. The van der Waals surface area contributed by atoms with Crippen LogP contribution in [0.4, 0.5) is 8.78 Å². The Morgan fingerprint density at radius 2 is 1.81 bits per heavy atom. The van der Waals surface area contributed by atoms with Crippen LogP contribution in [0.3, 0.4) is 0 Å². The van der Waals surface area contributed by atoms with E-state index in [1.165, 1.54) is 29.2 Å². The molecule has 0 bridgehead atoms. The molecule has 42 heavy (non-hydrogen) atoms. The van der Waals surface area contributed by atoms with Crippen molar-refractivity contribution in [2.24, 2.45) is 0 Å². The van der Waals surface area contributed by atoms with E-state index in [2.05, 4.69) is 5.32 Å². The lowest BCUT2D eigenvalue weighted by molar-refractivity contribution is -0.156. The maximum absolute atomic E-state index is 14.6. The number of benzene rings is 2. The van der Waals surface area contributed by atoms with E-state index in [0.29, 0.717) is 16.7 Å². The summed E-state index contributed by atoms with van der Waals surface area (Å²) >= 11 is 5.74. The molecular formula is C28H31ClF2N3O7P. The molecule has 4 amide bonds. The zero-order chi connectivity index (χ0) is 30.6. The van der Waals surface area contributed by atoms with Crippen LogP contribution in [-0.2, 0) is 42.4 Å². The molecule has 2 aliphatic heterocycles. The summed E-state index contributed by atoms with van der Waals surface area (Å²) in [6.45, 7) is 3.37. The van der Waals surface area contributed by atoms with E-state index in [1.807, 2.05) is 13.8 Å². The molecule has 2 aromatic rings. The lowest BCUT2D eigenvalue weighted by Crippen LogP contribution is -2.55. The summed E-state index contributed by atoms with van der Waals surface area (Å²) in [6, 6.07) is 8.45. The second kappa shape index (κ2) is 13.5. The van der Waals surface area contributed by atoms with Crippen molar-refractivity contribution < 1.29 is 41.9 Å². The van der Waals surface area contributed by atoms with E-state index >= 15 is 0 Å². The van der Waals surface area contributed by atoms with E-state index < -0.39 is 56.5 Å². The summed E-state index contributed by atoms with van der Waals surface area (Å²) in [7, 11) is -2.23. The van der Waals surface area contributed by atoms with Gasteiger partial charge in [0.15, 0.2) is 0 Å². The fraction of sp³-hybridized carbons (Fsp3) is 0.429. The van der Waals surface area contributed by atoms with Gasteiger partial charge in [0.05, 0.1) is 6.10 Å². The molecule has 1 aliphatic carbocycles. The normalized spacial score (nSPS) is 19.3. The molecule has 10 nitrogen and oxygen atoms in total. The average Bonchev–Trinajstić information content (AvgIpc) is 3.73. The fourth-order valence-electron chi connectivity index (χ4n) is 4.53. The number of piperidine rings is 1. The number of nitrogens with one attached hydrogen (secondary N) is 1. The molecule has 1 saturated heterocycles. The van der Waals surface area contributed by atoms with Crippen LogP contribution in [0, 0.1) is 0 Å². The SMILES string of the molecule is CC.O=C1CCC(N2Cc3cc(CNC(=O)C(F)(F)c4ccc(Cl)cc4)ccc3C2=O)C(=O)N1COP(O)OC1CC1. The standard InChI is InChI=1S/C26H25ClF2N3O7P.C2H6/c27-18-4-2-17(3-5-18)26(28,29)25(36)30-12-15-1-8-20-16(11-15)13-31(23(20)34)21-9-10-22(33)32(24(21)35)14-38-40(37)39-19-6-7-19;1-2/h1-5,8,11,19,21,37H,6-7,9-10,12-14H2,(H,30,36);1-2H3. The Kier molecular flexibility index (Phi) is 10.3. The van der Waals surface area contributed by atoms with Gasteiger partial charge in [0, 0.05) is 35.7 Å². The van der Waals surface area contributed by atoms with E-state index in [9.17, 15) is 32.9 Å². The van der Waals surface area contributed by atoms with Crippen LogP contribution < -0.4 is 5.32 Å². The number of rotatable bonds is 10. The Labute approximate surface area is 247 Å². The third kappa shape index (κ3) is 7.12. The van der Waals surface area contributed by atoms with Crippen molar-refractivity contribution in [3.05, 3.63) is 69.7 Å². The first kappa shape index (κ1) is 31.9. The smallest absolute Gasteiger partial charge is 0.346 e. The summed E-state index contributed by atoms with van der Waals surface area (Å²) < 4.78 is 39.5. The molecule has 2 unspecified atom stereocenters. The number of carbonyl (C=O) groups is 4. The number of carbonyl (C=O) groups excluding carboxylic acids is 4. The van der Waals surface area contributed by atoms with Crippen molar-refractivity contribution in [3.8, 4) is 0 Å². The molecule has 2 aromatic carbocycles. The second-order valence-electron chi connectivity index (χ2n) is 9.70. The van der Waals surface area contributed by atoms with Gasteiger partial charge < -0.3 is 19.6 Å². The van der Waals surface area contributed by atoms with Crippen molar-refractivity contribution in [3.63, 3.8) is 0 Å². The van der Waals surface area contributed by atoms with E-state index in [1.54, 1.807) is 6.07 Å². The second-order valence-corrected chi connectivity index (χ2v) is 11.1. The number of fused-ring (bicyclic) bond motifs is 1. The highest BCUT2D eigenvalue weighted by atomic mass is 35.5. The molecule has 2 fully saturated rings. The van der Waals surface area contributed by atoms with Gasteiger partial charge in [-0.3, -0.25) is 28.6 Å².